The van der Waals surface area contributed by atoms with E-state index in [0.29, 0.717) is 12.0 Å². The van der Waals surface area contributed by atoms with E-state index in [0.717, 1.165) is 23.7 Å². The van der Waals surface area contributed by atoms with Gasteiger partial charge in [-0.1, -0.05) is 13.8 Å². The Balaban J connectivity index is 2.28. The minimum Gasteiger partial charge on any atom is -0.372 e. The van der Waals surface area contributed by atoms with Crippen LogP contribution in [0.2, 0.25) is 0 Å². The molecule has 0 radical (unpaired) electrons. The van der Waals surface area contributed by atoms with Crippen LogP contribution in [0.5, 0.6) is 0 Å². The Kier molecular flexibility index (Phi) is 3.69. The molecule has 98 valence electrons. The molecule has 2 aromatic heterocycles. The highest BCUT2D eigenvalue weighted by Gasteiger charge is 2.11. The molecule has 0 spiro atoms. The zero-order chi connectivity index (χ0) is 13.1. The van der Waals surface area contributed by atoms with E-state index in [1.165, 1.54) is 0 Å². The van der Waals surface area contributed by atoms with Crippen molar-refractivity contribution in [1.29, 1.82) is 0 Å². The van der Waals surface area contributed by atoms with Crippen molar-refractivity contribution in [2.45, 2.75) is 33.2 Å². The zero-order valence-electron chi connectivity index (χ0n) is 11.4. The van der Waals surface area contributed by atoms with Gasteiger partial charge in [0, 0.05) is 25.5 Å². The highest BCUT2D eigenvalue weighted by molar-refractivity contribution is 5.65. The van der Waals surface area contributed by atoms with Crippen molar-refractivity contribution in [2.24, 2.45) is 5.92 Å². The quantitative estimate of drug-likeness (QED) is 0.852. The van der Waals surface area contributed by atoms with E-state index < -0.39 is 0 Å². The molecule has 5 nitrogen and oxygen atoms in total. The fraction of sp³-hybridized carbons (Fsp3) is 0.538. The summed E-state index contributed by atoms with van der Waals surface area (Å²) in [7, 11) is 1.87. The average molecular weight is 247 g/mol. The number of hydrogen-bond donors (Lipinski definition) is 2. The van der Waals surface area contributed by atoms with Gasteiger partial charge >= 0.3 is 0 Å². The van der Waals surface area contributed by atoms with Crippen LogP contribution in [-0.4, -0.2) is 27.5 Å². The lowest BCUT2D eigenvalue weighted by Gasteiger charge is -2.17. The first-order valence-corrected chi connectivity index (χ1v) is 6.38. The van der Waals surface area contributed by atoms with Crippen LogP contribution in [0.1, 0.15) is 27.2 Å². The van der Waals surface area contributed by atoms with Crippen LogP contribution in [0.15, 0.2) is 18.6 Å². The molecule has 0 saturated heterocycles. The summed E-state index contributed by atoms with van der Waals surface area (Å²) < 4.78 is 1.98. The lowest BCUT2D eigenvalue weighted by Crippen LogP contribution is -2.19. The summed E-state index contributed by atoms with van der Waals surface area (Å²) in [6, 6.07) is 0.380. The lowest BCUT2D eigenvalue weighted by molar-refractivity contribution is 0.539. The topological polar surface area (TPSA) is 54.2 Å². The summed E-state index contributed by atoms with van der Waals surface area (Å²) in [5.41, 5.74) is 0.865. The molecule has 1 unspecified atom stereocenters. The number of anilines is 2. The van der Waals surface area contributed by atoms with Crippen LogP contribution >= 0.6 is 0 Å². The Labute approximate surface area is 108 Å². The maximum absolute atomic E-state index is 4.53. The normalized spacial score (nSPS) is 12.9. The second-order valence-corrected chi connectivity index (χ2v) is 5.06. The van der Waals surface area contributed by atoms with Crippen molar-refractivity contribution in [1.82, 2.24) is 14.4 Å². The van der Waals surface area contributed by atoms with Crippen LogP contribution in [0, 0.1) is 5.92 Å². The number of aromatic nitrogens is 3. The number of nitrogens with zero attached hydrogens (tertiary/aromatic N) is 3. The second kappa shape index (κ2) is 5.25. The van der Waals surface area contributed by atoms with Crippen molar-refractivity contribution in [2.75, 3.05) is 17.7 Å². The van der Waals surface area contributed by atoms with Crippen molar-refractivity contribution in [3.63, 3.8) is 0 Å². The molecule has 0 fully saturated rings. The summed E-state index contributed by atoms with van der Waals surface area (Å²) >= 11 is 0. The molecular formula is C13H21N5. The lowest BCUT2D eigenvalue weighted by atomic mass is 10.1. The fourth-order valence-electron chi connectivity index (χ4n) is 2.15. The SMILES string of the molecule is CNc1cn2ccnc2c(NC(C)CC(C)C)n1. The second-order valence-electron chi connectivity index (χ2n) is 5.06. The molecule has 0 aromatic carbocycles. The van der Waals surface area contributed by atoms with E-state index in [2.05, 4.69) is 41.4 Å². The molecule has 0 amide bonds. The van der Waals surface area contributed by atoms with Crippen molar-refractivity contribution in [3.05, 3.63) is 18.6 Å². The first kappa shape index (κ1) is 12.7. The van der Waals surface area contributed by atoms with E-state index in [9.17, 15) is 0 Å². The van der Waals surface area contributed by atoms with Crippen LogP contribution in [0.3, 0.4) is 0 Å². The van der Waals surface area contributed by atoms with Crippen LogP contribution in [-0.2, 0) is 0 Å². The van der Waals surface area contributed by atoms with E-state index in [-0.39, 0.29) is 0 Å². The number of fused-ring (bicyclic) bond motifs is 1. The predicted octanol–water partition coefficient (Wildman–Crippen LogP) is 2.62. The summed E-state index contributed by atoms with van der Waals surface area (Å²) in [6.45, 7) is 6.62. The Morgan fingerprint density at radius 1 is 1.33 bits per heavy atom. The van der Waals surface area contributed by atoms with Gasteiger partial charge < -0.3 is 15.0 Å². The molecule has 2 rings (SSSR count). The largest absolute Gasteiger partial charge is 0.372 e. The van der Waals surface area contributed by atoms with Crippen LogP contribution in [0.4, 0.5) is 11.6 Å². The van der Waals surface area contributed by atoms with Gasteiger partial charge in [-0.15, -0.1) is 0 Å². The molecule has 2 aromatic rings. The number of imidazole rings is 1. The fourth-order valence-corrected chi connectivity index (χ4v) is 2.15. The summed E-state index contributed by atoms with van der Waals surface area (Å²) in [5.74, 6) is 2.33. The Morgan fingerprint density at radius 3 is 2.78 bits per heavy atom. The Bertz CT molecular complexity index is 517. The number of rotatable bonds is 5. The summed E-state index contributed by atoms with van der Waals surface area (Å²) in [5, 5.41) is 6.51. The smallest absolute Gasteiger partial charge is 0.180 e. The molecule has 0 aliphatic heterocycles. The molecule has 5 heteroatoms. The third kappa shape index (κ3) is 2.72. The van der Waals surface area contributed by atoms with E-state index in [4.69, 9.17) is 0 Å². The van der Waals surface area contributed by atoms with Crippen molar-refractivity contribution in [3.8, 4) is 0 Å². The van der Waals surface area contributed by atoms with Gasteiger partial charge in [0.1, 0.15) is 5.82 Å². The van der Waals surface area contributed by atoms with E-state index in [1.54, 1.807) is 6.20 Å². The standard InChI is InChI=1S/C13H21N5/c1-9(2)7-10(3)16-12-13-15-5-6-18(13)8-11(14-4)17-12/h5-6,8-10,14H,7H2,1-4H3,(H,16,17). The van der Waals surface area contributed by atoms with Crippen molar-refractivity contribution >= 4 is 17.3 Å². The Morgan fingerprint density at radius 2 is 2.11 bits per heavy atom. The summed E-state index contributed by atoms with van der Waals surface area (Å²) in [4.78, 5) is 8.87. The maximum Gasteiger partial charge on any atom is 0.180 e. The van der Waals surface area contributed by atoms with Gasteiger partial charge in [-0.3, -0.25) is 0 Å². The first-order chi connectivity index (χ1) is 8.60. The van der Waals surface area contributed by atoms with Crippen molar-refractivity contribution < 1.29 is 0 Å². The van der Waals surface area contributed by atoms with Gasteiger partial charge in [-0.2, -0.15) is 0 Å². The van der Waals surface area contributed by atoms with Gasteiger partial charge in [0.05, 0.1) is 6.20 Å². The van der Waals surface area contributed by atoms with Gasteiger partial charge in [0.25, 0.3) is 0 Å². The van der Waals surface area contributed by atoms with E-state index in [1.807, 2.05) is 23.8 Å². The molecule has 0 aliphatic rings. The highest BCUT2D eigenvalue weighted by Crippen LogP contribution is 2.18. The number of nitrogens with one attached hydrogen (secondary N) is 2. The molecular weight excluding hydrogens is 226 g/mol. The number of hydrogen-bond acceptors (Lipinski definition) is 4. The first-order valence-electron chi connectivity index (χ1n) is 6.38. The molecule has 1 atom stereocenters. The minimum absolute atomic E-state index is 0.380. The molecule has 2 heterocycles. The minimum atomic E-state index is 0.380. The van der Waals surface area contributed by atoms with Gasteiger partial charge in [0.15, 0.2) is 11.5 Å². The molecule has 0 aliphatic carbocycles. The summed E-state index contributed by atoms with van der Waals surface area (Å²) in [6.07, 6.45) is 6.75. The molecule has 0 saturated carbocycles. The molecule has 2 N–H and O–H groups in total. The maximum atomic E-state index is 4.53. The Hall–Kier alpha value is -1.78. The van der Waals surface area contributed by atoms with Gasteiger partial charge in [0.2, 0.25) is 0 Å². The highest BCUT2D eigenvalue weighted by atomic mass is 15.1. The third-order valence-corrected chi connectivity index (χ3v) is 2.84. The average Bonchev–Trinajstić information content (AvgIpc) is 2.75. The van der Waals surface area contributed by atoms with Gasteiger partial charge in [-0.25, -0.2) is 9.97 Å². The van der Waals surface area contributed by atoms with Gasteiger partial charge in [-0.05, 0) is 19.3 Å². The molecule has 18 heavy (non-hydrogen) atoms. The third-order valence-electron chi connectivity index (χ3n) is 2.84. The zero-order valence-corrected chi connectivity index (χ0v) is 11.4. The van der Waals surface area contributed by atoms with Crippen LogP contribution in [0.25, 0.3) is 5.65 Å². The predicted molar refractivity (Wildman–Crippen MR) is 75.1 cm³/mol. The monoisotopic (exact) mass is 247 g/mol. The van der Waals surface area contributed by atoms with Crippen LogP contribution < -0.4 is 10.6 Å². The van der Waals surface area contributed by atoms with E-state index >= 15 is 0 Å². The molecule has 0 bridgehead atoms.